The highest BCUT2D eigenvalue weighted by atomic mass is 14.8. The van der Waals surface area contributed by atoms with Crippen molar-refractivity contribution in [3.8, 4) is 0 Å². The van der Waals surface area contributed by atoms with Crippen LogP contribution in [0.3, 0.4) is 0 Å². The van der Waals surface area contributed by atoms with E-state index in [4.69, 9.17) is 0 Å². The molecule has 3 aliphatic heterocycles. The summed E-state index contributed by atoms with van der Waals surface area (Å²) in [5.74, 6) is 0. The molecule has 0 aromatic carbocycles. The van der Waals surface area contributed by atoms with Crippen LogP contribution in [0.1, 0.15) is 0 Å². The third-order valence-corrected chi connectivity index (χ3v) is 2.52. The summed E-state index contributed by atoms with van der Waals surface area (Å²) in [6, 6.07) is 0. The predicted octanol–water partition coefficient (Wildman–Crippen LogP) is 2.42. The first-order chi connectivity index (χ1) is 8.40. The zero-order valence-corrected chi connectivity index (χ0v) is 9.24. The monoisotopic (exact) mass is 221 g/mol. The first kappa shape index (κ1) is 9.90. The highest BCUT2D eigenvalue weighted by Crippen LogP contribution is 2.13. The van der Waals surface area contributed by atoms with Crippen molar-refractivity contribution in [2.45, 2.75) is 0 Å². The quantitative estimate of drug-likeness (QED) is 0.686. The van der Waals surface area contributed by atoms with E-state index in [0.29, 0.717) is 0 Å². The fourth-order valence-corrected chi connectivity index (χ4v) is 1.74. The van der Waals surface area contributed by atoms with Gasteiger partial charge < -0.3 is 0 Å². The van der Waals surface area contributed by atoms with Gasteiger partial charge in [0.1, 0.15) is 0 Å². The molecule has 0 bridgehead atoms. The van der Waals surface area contributed by atoms with Crippen LogP contribution in [0, 0.1) is 0 Å². The fourth-order valence-electron chi connectivity index (χ4n) is 1.74. The molecule has 3 nitrogen and oxygen atoms in total. The van der Waals surface area contributed by atoms with Crippen LogP contribution in [0.25, 0.3) is 0 Å². The third-order valence-electron chi connectivity index (χ3n) is 2.52. The molecule has 0 aliphatic carbocycles. The van der Waals surface area contributed by atoms with E-state index >= 15 is 0 Å². The summed E-state index contributed by atoms with van der Waals surface area (Å²) in [4.78, 5) is 13.0. The summed E-state index contributed by atoms with van der Waals surface area (Å²) >= 11 is 0. The van der Waals surface area contributed by atoms with Crippen molar-refractivity contribution in [2.75, 3.05) is 6.54 Å². The summed E-state index contributed by atoms with van der Waals surface area (Å²) in [6.45, 7) is 0.781. The maximum atomic E-state index is 4.48. The van der Waals surface area contributed by atoms with Crippen LogP contribution in [0.4, 0.5) is 0 Å². The number of rotatable bonds is 2. The van der Waals surface area contributed by atoms with Crippen LogP contribution in [0.15, 0.2) is 75.0 Å². The maximum absolute atomic E-state index is 4.48. The topological polar surface area (TPSA) is 37.1 Å². The molecule has 0 N–H and O–H groups in total. The van der Waals surface area contributed by atoms with Crippen LogP contribution in [-0.4, -0.2) is 24.2 Å². The number of aliphatic imine (C=N–C) groups is 3. The molecule has 0 spiro atoms. The van der Waals surface area contributed by atoms with Crippen LogP contribution in [0.5, 0.6) is 0 Å². The summed E-state index contributed by atoms with van der Waals surface area (Å²) in [7, 11) is 0. The van der Waals surface area contributed by atoms with Gasteiger partial charge in [-0.3, -0.25) is 9.98 Å². The second-order valence-electron chi connectivity index (χ2n) is 3.81. The first-order valence-electron chi connectivity index (χ1n) is 5.52. The van der Waals surface area contributed by atoms with Gasteiger partial charge in [0, 0.05) is 6.21 Å². The molecule has 0 amide bonds. The second-order valence-corrected chi connectivity index (χ2v) is 3.81. The molecule has 0 fully saturated rings. The summed E-state index contributed by atoms with van der Waals surface area (Å²) in [6.07, 6.45) is 17.6. The molecule has 0 unspecified atom stereocenters. The van der Waals surface area contributed by atoms with Gasteiger partial charge in [0.2, 0.25) is 0 Å². The molecule has 82 valence electrons. The first-order valence-corrected chi connectivity index (χ1v) is 5.52. The van der Waals surface area contributed by atoms with E-state index in [9.17, 15) is 0 Å². The number of nitrogens with zero attached hydrogens (tertiary/aromatic N) is 3. The van der Waals surface area contributed by atoms with Crippen LogP contribution in [-0.2, 0) is 0 Å². The Morgan fingerprint density at radius 3 is 2.65 bits per heavy atom. The normalized spacial score (nSPS) is 25.4. The fraction of sp³-hybridized carbons (Fsp3) is 0.0714. The van der Waals surface area contributed by atoms with E-state index < -0.39 is 0 Å². The van der Waals surface area contributed by atoms with E-state index in [2.05, 4.69) is 15.0 Å². The molecular weight excluding hydrogens is 210 g/mol. The smallest absolute Gasteiger partial charge is 0.0659 e. The van der Waals surface area contributed by atoms with Crippen molar-refractivity contribution in [3.05, 3.63) is 60.0 Å². The lowest BCUT2D eigenvalue weighted by molar-refractivity contribution is 1.28. The highest BCUT2D eigenvalue weighted by Gasteiger charge is 2.05. The molecule has 3 rings (SSSR count). The maximum Gasteiger partial charge on any atom is 0.0659 e. The molecule has 0 radical (unpaired) electrons. The van der Waals surface area contributed by atoms with Crippen molar-refractivity contribution < 1.29 is 0 Å². The zero-order chi connectivity index (χ0) is 11.5. The summed E-state index contributed by atoms with van der Waals surface area (Å²) < 4.78 is 0. The van der Waals surface area contributed by atoms with Gasteiger partial charge in [-0.25, -0.2) is 4.99 Å². The molecule has 3 aliphatic rings. The average molecular weight is 221 g/mol. The SMILES string of the molecule is C1=C/C(=C\C2=NC(=C/C3=NCC=C3)/C=C2)N=C1. The molecular formula is C14H11N3. The van der Waals surface area contributed by atoms with Gasteiger partial charge in [0.25, 0.3) is 0 Å². The van der Waals surface area contributed by atoms with Gasteiger partial charge in [-0.15, -0.1) is 0 Å². The molecule has 0 saturated heterocycles. The van der Waals surface area contributed by atoms with E-state index in [1.54, 1.807) is 6.21 Å². The second kappa shape index (κ2) is 4.29. The Bertz CT molecular complexity index is 565. The van der Waals surface area contributed by atoms with Gasteiger partial charge in [-0.2, -0.15) is 0 Å². The van der Waals surface area contributed by atoms with Crippen LogP contribution in [0.2, 0.25) is 0 Å². The Balaban J connectivity index is 1.80. The standard InChI is InChI=1S/C14H11N3/c1-3-11(15-7-1)9-13-5-6-14(17-13)10-12-4-2-8-16-12/h1-7,9-10H,8H2/b11-9+,14-10+. The largest absolute Gasteiger partial charge is 0.281 e. The summed E-state index contributed by atoms with van der Waals surface area (Å²) in [5, 5.41) is 0. The summed E-state index contributed by atoms with van der Waals surface area (Å²) in [5.41, 5.74) is 3.79. The molecule has 0 aromatic heterocycles. The van der Waals surface area contributed by atoms with Crippen molar-refractivity contribution in [1.82, 2.24) is 0 Å². The molecule has 3 heteroatoms. The number of hydrogen-bond donors (Lipinski definition) is 0. The van der Waals surface area contributed by atoms with Crippen LogP contribution < -0.4 is 0 Å². The zero-order valence-electron chi connectivity index (χ0n) is 9.24. The minimum Gasteiger partial charge on any atom is -0.281 e. The lowest BCUT2D eigenvalue weighted by atomic mass is 10.3. The van der Waals surface area contributed by atoms with Crippen molar-refractivity contribution in [3.63, 3.8) is 0 Å². The third kappa shape index (κ3) is 2.28. The van der Waals surface area contributed by atoms with Crippen molar-refractivity contribution >= 4 is 17.6 Å². The minimum atomic E-state index is 0.781. The molecule has 17 heavy (non-hydrogen) atoms. The molecule has 0 atom stereocenters. The Morgan fingerprint density at radius 1 is 0.941 bits per heavy atom. The van der Waals surface area contributed by atoms with E-state index in [0.717, 1.165) is 29.4 Å². The Hall–Kier alpha value is -2.29. The van der Waals surface area contributed by atoms with E-state index in [1.807, 2.05) is 48.6 Å². The Kier molecular flexibility index (Phi) is 2.50. The highest BCUT2D eigenvalue weighted by molar-refractivity contribution is 6.10. The predicted molar refractivity (Wildman–Crippen MR) is 71.8 cm³/mol. The van der Waals surface area contributed by atoms with E-state index in [-0.39, 0.29) is 0 Å². The Labute approximate surface area is 99.7 Å². The van der Waals surface area contributed by atoms with Gasteiger partial charge in [-0.05, 0) is 42.5 Å². The van der Waals surface area contributed by atoms with Crippen molar-refractivity contribution in [1.29, 1.82) is 0 Å². The molecule has 0 saturated carbocycles. The molecule has 0 aromatic rings. The lowest BCUT2D eigenvalue weighted by Gasteiger charge is -1.91. The number of allylic oxidation sites excluding steroid dienone is 7. The van der Waals surface area contributed by atoms with E-state index in [1.165, 1.54) is 0 Å². The van der Waals surface area contributed by atoms with Gasteiger partial charge in [-0.1, -0.05) is 6.08 Å². The minimum absolute atomic E-state index is 0.781. The van der Waals surface area contributed by atoms with Gasteiger partial charge in [0.05, 0.1) is 29.4 Å². The number of hydrogen-bond acceptors (Lipinski definition) is 3. The van der Waals surface area contributed by atoms with Gasteiger partial charge in [0.15, 0.2) is 0 Å². The lowest BCUT2D eigenvalue weighted by Crippen LogP contribution is -1.86. The Morgan fingerprint density at radius 2 is 1.88 bits per heavy atom. The molecule has 3 heterocycles. The van der Waals surface area contributed by atoms with Crippen LogP contribution >= 0.6 is 0 Å². The van der Waals surface area contributed by atoms with Crippen molar-refractivity contribution in [2.24, 2.45) is 15.0 Å². The van der Waals surface area contributed by atoms with Gasteiger partial charge >= 0.3 is 0 Å². The average Bonchev–Trinajstić information content (AvgIpc) is 3.02.